The number of H-pyrrole nitrogens is 2. The highest BCUT2D eigenvalue weighted by molar-refractivity contribution is 5.91. The maximum Gasteiger partial charge on any atom is 0.292 e. The number of hydrogen-bond acceptors (Lipinski definition) is 7. The summed E-state index contributed by atoms with van der Waals surface area (Å²) in [6, 6.07) is 8.38. The van der Waals surface area contributed by atoms with Gasteiger partial charge < -0.3 is 15.6 Å². The smallest absolute Gasteiger partial charge is 0.292 e. The number of carbonyl (C=O) groups excluding carboxylic acids is 1. The van der Waals surface area contributed by atoms with Crippen LogP contribution < -0.4 is 5.73 Å². The van der Waals surface area contributed by atoms with Gasteiger partial charge in [-0.1, -0.05) is 6.07 Å². The fourth-order valence-electron chi connectivity index (χ4n) is 5.71. The van der Waals surface area contributed by atoms with Crippen molar-refractivity contribution >= 4 is 28.3 Å². The highest BCUT2D eigenvalue weighted by Crippen LogP contribution is 2.43. The molecule has 3 atom stereocenters. The Morgan fingerprint density at radius 1 is 1.12 bits per heavy atom. The van der Waals surface area contributed by atoms with Crippen LogP contribution in [0.3, 0.4) is 0 Å². The number of nitrogens with zero attached hydrogens (tertiary/aromatic N) is 7. The number of aromatic nitrogens is 8. The van der Waals surface area contributed by atoms with E-state index in [0.717, 1.165) is 59.1 Å². The fourth-order valence-corrected chi connectivity index (χ4v) is 5.71. The van der Waals surface area contributed by atoms with Crippen LogP contribution in [0.25, 0.3) is 27.7 Å². The van der Waals surface area contributed by atoms with Gasteiger partial charge in [0.2, 0.25) is 5.82 Å². The first-order valence-electron chi connectivity index (χ1n) is 11.4. The summed E-state index contributed by atoms with van der Waals surface area (Å²) in [5, 5.41) is 20.3. The molecule has 6 heterocycles. The molecule has 0 aliphatic carbocycles. The van der Waals surface area contributed by atoms with E-state index in [1.54, 1.807) is 10.7 Å². The number of hydrogen-bond donors (Lipinski definition) is 3. The minimum atomic E-state index is -0.0703. The van der Waals surface area contributed by atoms with Gasteiger partial charge in [-0.3, -0.25) is 9.89 Å². The van der Waals surface area contributed by atoms with Crippen molar-refractivity contribution in [3.05, 3.63) is 54.5 Å². The molecule has 2 aliphatic heterocycles. The molecule has 1 aromatic carbocycles. The average molecular weight is 454 g/mol. The molecule has 2 bridgehead atoms. The van der Waals surface area contributed by atoms with Gasteiger partial charge in [-0.25, -0.2) is 4.98 Å². The van der Waals surface area contributed by atoms with Crippen molar-refractivity contribution in [1.29, 1.82) is 0 Å². The molecule has 5 aromatic rings. The van der Waals surface area contributed by atoms with Crippen molar-refractivity contribution in [1.82, 2.24) is 44.9 Å². The molecule has 0 spiro atoms. The topological polar surface area (TPSA) is 147 Å². The molecule has 4 aromatic heterocycles. The maximum atomic E-state index is 13.0. The Balaban J connectivity index is 1.23. The van der Waals surface area contributed by atoms with Crippen LogP contribution in [0.15, 0.2) is 43.0 Å². The van der Waals surface area contributed by atoms with Crippen LogP contribution in [-0.4, -0.2) is 62.9 Å². The van der Waals surface area contributed by atoms with E-state index in [2.05, 4.69) is 36.5 Å². The maximum absolute atomic E-state index is 13.0. The van der Waals surface area contributed by atoms with Crippen molar-refractivity contribution in [3.63, 3.8) is 0 Å². The number of rotatable bonds is 3. The first kappa shape index (κ1) is 19.2. The van der Waals surface area contributed by atoms with Gasteiger partial charge in [0.05, 0.1) is 17.9 Å². The Labute approximate surface area is 193 Å². The zero-order valence-corrected chi connectivity index (χ0v) is 18.2. The highest BCUT2D eigenvalue weighted by Gasteiger charge is 2.45. The Kier molecular flexibility index (Phi) is 4.02. The van der Waals surface area contributed by atoms with Crippen LogP contribution in [0.2, 0.25) is 0 Å². The number of nitrogens with two attached hydrogens (primary N) is 1. The van der Waals surface area contributed by atoms with Crippen LogP contribution in [0.1, 0.15) is 47.9 Å². The predicted molar refractivity (Wildman–Crippen MR) is 124 cm³/mol. The van der Waals surface area contributed by atoms with Crippen LogP contribution in [0.4, 0.5) is 5.82 Å². The second kappa shape index (κ2) is 7.11. The summed E-state index contributed by atoms with van der Waals surface area (Å²) in [7, 11) is 0. The molecule has 2 saturated heterocycles. The monoisotopic (exact) mass is 454 g/mol. The van der Waals surface area contributed by atoms with Crippen molar-refractivity contribution in [3.8, 4) is 11.1 Å². The van der Waals surface area contributed by atoms with Gasteiger partial charge in [0.15, 0.2) is 5.65 Å². The molecular weight excluding hydrogens is 432 g/mol. The van der Waals surface area contributed by atoms with E-state index in [1.165, 1.54) is 6.33 Å². The molecule has 1 amide bonds. The average Bonchev–Trinajstić information content (AvgIpc) is 3.64. The quantitative estimate of drug-likeness (QED) is 0.379. The predicted octanol–water partition coefficient (Wildman–Crippen LogP) is 2.52. The van der Waals surface area contributed by atoms with Crippen LogP contribution in [0.5, 0.6) is 0 Å². The summed E-state index contributed by atoms with van der Waals surface area (Å²) in [4.78, 5) is 22.9. The molecule has 0 radical (unpaired) electrons. The summed E-state index contributed by atoms with van der Waals surface area (Å²) >= 11 is 0. The normalized spacial score (nSPS) is 22.1. The summed E-state index contributed by atoms with van der Waals surface area (Å²) in [6.07, 6.45) is 8.74. The number of amides is 1. The Morgan fingerprint density at radius 3 is 2.76 bits per heavy atom. The van der Waals surface area contributed by atoms with E-state index in [4.69, 9.17) is 10.7 Å². The van der Waals surface area contributed by atoms with Crippen LogP contribution >= 0.6 is 0 Å². The lowest BCUT2D eigenvalue weighted by atomic mass is 9.87. The number of carbonyl (C=O) groups is 1. The molecule has 4 N–H and O–H groups in total. The van der Waals surface area contributed by atoms with Gasteiger partial charge in [0, 0.05) is 40.7 Å². The SMILES string of the molecule is Nc1cc([C@@H]2C[C@H]3CC[C@@H](C2)N3C(=O)c2nnc[nH]2)nc2c(-c3ccc4[nH]ncc4c3)cnn12. The summed E-state index contributed by atoms with van der Waals surface area (Å²) in [6.45, 7) is 0. The molecule has 11 heteroatoms. The number of benzene rings is 1. The van der Waals surface area contributed by atoms with E-state index in [-0.39, 0.29) is 23.9 Å². The Morgan fingerprint density at radius 2 is 1.97 bits per heavy atom. The van der Waals surface area contributed by atoms with Gasteiger partial charge in [-0.2, -0.15) is 14.7 Å². The Hall–Kier alpha value is -4.28. The molecule has 170 valence electrons. The minimum Gasteiger partial charge on any atom is -0.384 e. The molecule has 2 aliphatic rings. The van der Waals surface area contributed by atoms with Gasteiger partial charge in [-0.15, -0.1) is 10.2 Å². The molecule has 11 nitrogen and oxygen atoms in total. The number of aromatic amines is 2. The molecule has 34 heavy (non-hydrogen) atoms. The molecular formula is C23H22N10O. The van der Waals surface area contributed by atoms with E-state index >= 15 is 0 Å². The van der Waals surface area contributed by atoms with Crippen LogP contribution in [0, 0.1) is 0 Å². The third-order valence-electron chi connectivity index (χ3n) is 7.28. The van der Waals surface area contributed by atoms with Crippen molar-refractivity contribution < 1.29 is 4.79 Å². The largest absolute Gasteiger partial charge is 0.384 e. The van der Waals surface area contributed by atoms with Gasteiger partial charge in [0.25, 0.3) is 5.91 Å². The van der Waals surface area contributed by atoms with E-state index < -0.39 is 0 Å². The lowest BCUT2D eigenvalue weighted by molar-refractivity contribution is 0.0557. The number of piperidine rings is 1. The molecule has 0 unspecified atom stereocenters. The summed E-state index contributed by atoms with van der Waals surface area (Å²) in [5.41, 5.74) is 11.0. The number of anilines is 1. The third-order valence-corrected chi connectivity index (χ3v) is 7.28. The van der Waals surface area contributed by atoms with Gasteiger partial charge in [-0.05, 0) is 43.4 Å². The van der Waals surface area contributed by atoms with Crippen molar-refractivity contribution in [2.24, 2.45) is 0 Å². The number of nitrogens with one attached hydrogen (secondary N) is 2. The molecule has 7 rings (SSSR count). The van der Waals surface area contributed by atoms with Gasteiger partial charge in [0.1, 0.15) is 12.1 Å². The first-order chi connectivity index (χ1) is 16.7. The van der Waals surface area contributed by atoms with Crippen LogP contribution in [-0.2, 0) is 0 Å². The lowest BCUT2D eigenvalue weighted by Crippen LogP contribution is -2.46. The second-order valence-corrected chi connectivity index (χ2v) is 9.17. The fraction of sp³-hybridized carbons (Fsp3) is 0.304. The molecule has 2 fully saturated rings. The van der Waals surface area contributed by atoms with E-state index in [0.29, 0.717) is 11.6 Å². The Bertz CT molecular complexity index is 1520. The molecule has 0 saturated carbocycles. The summed E-state index contributed by atoms with van der Waals surface area (Å²) in [5.74, 6) is 1.02. The summed E-state index contributed by atoms with van der Waals surface area (Å²) < 4.78 is 1.69. The zero-order chi connectivity index (χ0) is 22.8. The third kappa shape index (κ3) is 2.82. The van der Waals surface area contributed by atoms with Gasteiger partial charge >= 0.3 is 0 Å². The minimum absolute atomic E-state index is 0.0703. The van der Waals surface area contributed by atoms with Crippen molar-refractivity contribution in [2.75, 3.05) is 5.73 Å². The highest BCUT2D eigenvalue weighted by atomic mass is 16.2. The van der Waals surface area contributed by atoms with E-state index in [1.807, 2.05) is 29.3 Å². The lowest BCUT2D eigenvalue weighted by Gasteiger charge is -2.38. The number of fused-ring (bicyclic) bond motifs is 4. The number of nitrogen functional groups attached to an aromatic ring is 1. The zero-order valence-electron chi connectivity index (χ0n) is 18.2. The van der Waals surface area contributed by atoms with E-state index in [9.17, 15) is 4.79 Å². The second-order valence-electron chi connectivity index (χ2n) is 9.17. The first-order valence-corrected chi connectivity index (χ1v) is 11.4. The standard InChI is InChI=1S/C23H22N10O/c24-20-8-19(13-6-15-2-3-16(7-13)32(15)23(34)21-25-11-27-31-21)29-22-17(10-28-33(20)22)12-1-4-18-14(5-12)9-26-30-18/h1,4-5,8-11,13,15-16H,2-3,6-7,24H2,(H,26,30)(H,25,27,31)/t13-,15-,16+. The van der Waals surface area contributed by atoms with Crippen molar-refractivity contribution in [2.45, 2.75) is 43.7 Å².